The standard InChI is InChI=1S/C17H25N3O/c18-8-11-20-9-6-16(7-10-20)19-17(21)15-5-4-13-2-1-3-14(13)12-15/h4-5,12,16H,1-3,6-11,18H2,(H,19,21). The quantitative estimate of drug-likeness (QED) is 0.878. The van der Waals surface area contributed by atoms with Crippen LogP contribution in [0.4, 0.5) is 0 Å². The molecule has 0 aromatic heterocycles. The fourth-order valence-electron chi connectivity index (χ4n) is 3.47. The van der Waals surface area contributed by atoms with Gasteiger partial charge in [-0.3, -0.25) is 4.79 Å². The molecule has 0 spiro atoms. The maximum atomic E-state index is 12.4. The zero-order valence-corrected chi connectivity index (χ0v) is 12.6. The summed E-state index contributed by atoms with van der Waals surface area (Å²) in [6, 6.07) is 6.49. The summed E-state index contributed by atoms with van der Waals surface area (Å²) in [7, 11) is 0. The van der Waals surface area contributed by atoms with Gasteiger partial charge in [0.25, 0.3) is 5.91 Å². The van der Waals surface area contributed by atoms with Crippen molar-refractivity contribution in [1.82, 2.24) is 10.2 Å². The van der Waals surface area contributed by atoms with Crippen LogP contribution in [0.3, 0.4) is 0 Å². The Kier molecular flexibility index (Phi) is 4.56. The summed E-state index contributed by atoms with van der Waals surface area (Å²) in [6.45, 7) is 3.75. The van der Waals surface area contributed by atoms with E-state index in [4.69, 9.17) is 5.73 Å². The number of likely N-dealkylation sites (tertiary alicyclic amines) is 1. The summed E-state index contributed by atoms with van der Waals surface area (Å²) in [5.74, 6) is 0.0852. The highest BCUT2D eigenvalue weighted by Crippen LogP contribution is 2.23. The lowest BCUT2D eigenvalue weighted by molar-refractivity contribution is 0.0912. The van der Waals surface area contributed by atoms with Gasteiger partial charge in [0.15, 0.2) is 0 Å². The van der Waals surface area contributed by atoms with E-state index in [1.165, 1.54) is 17.5 Å². The zero-order valence-electron chi connectivity index (χ0n) is 12.6. The minimum Gasteiger partial charge on any atom is -0.349 e. The van der Waals surface area contributed by atoms with E-state index in [0.29, 0.717) is 12.6 Å². The Morgan fingerprint density at radius 1 is 1.24 bits per heavy atom. The molecule has 4 nitrogen and oxygen atoms in total. The summed E-state index contributed by atoms with van der Waals surface area (Å²) >= 11 is 0. The Morgan fingerprint density at radius 2 is 2.00 bits per heavy atom. The molecular weight excluding hydrogens is 262 g/mol. The van der Waals surface area contributed by atoms with Crippen LogP contribution in [-0.4, -0.2) is 43.0 Å². The summed E-state index contributed by atoms with van der Waals surface area (Å²) in [4.78, 5) is 14.7. The maximum absolute atomic E-state index is 12.4. The van der Waals surface area contributed by atoms with E-state index in [2.05, 4.69) is 22.3 Å². The number of aryl methyl sites for hydroxylation is 2. The van der Waals surface area contributed by atoms with Gasteiger partial charge in [-0.1, -0.05) is 6.07 Å². The van der Waals surface area contributed by atoms with E-state index < -0.39 is 0 Å². The number of benzene rings is 1. The fraction of sp³-hybridized carbons (Fsp3) is 0.588. The number of nitrogens with one attached hydrogen (secondary N) is 1. The van der Waals surface area contributed by atoms with Gasteiger partial charge in [0.1, 0.15) is 0 Å². The van der Waals surface area contributed by atoms with Gasteiger partial charge < -0.3 is 16.0 Å². The zero-order chi connectivity index (χ0) is 14.7. The minimum atomic E-state index is 0.0852. The summed E-state index contributed by atoms with van der Waals surface area (Å²) in [5, 5.41) is 3.19. The van der Waals surface area contributed by atoms with Gasteiger partial charge in [-0.05, 0) is 55.4 Å². The van der Waals surface area contributed by atoms with Crippen molar-refractivity contribution in [1.29, 1.82) is 0 Å². The van der Waals surface area contributed by atoms with E-state index >= 15 is 0 Å². The van der Waals surface area contributed by atoms with Crippen LogP contribution < -0.4 is 11.1 Å². The predicted octanol–water partition coefficient (Wildman–Crippen LogP) is 1.33. The number of nitrogens with zero attached hydrogens (tertiary/aromatic N) is 1. The van der Waals surface area contributed by atoms with E-state index in [1.807, 2.05) is 6.07 Å². The molecule has 1 fully saturated rings. The highest BCUT2D eigenvalue weighted by molar-refractivity contribution is 5.94. The van der Waals surface area contributed by atoms with Gasteiger partial charge in [0, 0.05) is 37.8 Å². The Bertz CT molecular complexity index is 507. The van der Waals surface area contributed by atoms with Crippen molar-refractivity contribution in [2.75, 3.05) is 26.2 Å². The second-order valence-electron chi connectivity index (χ2n) is 6.22. The molecule has 0 atom stereocenters. The van der Waals surface area contributed by atoms with Gasteiger partial charge in [-0.15, -0.1) is 0 Å². The minimum absolute atomic E-state index is 0.0852. The Morgan fingerprint density at radius 3 is 2.76 bits per heavy atom. The van der Waals surface area contributed by atoms with Gasteiger partial charge >= 0.3 is 0 Å². The largest absolute Gasteiger partial charge is 0.349 e. The van der Waals surface area contributed by atoms with Crippen molar-refractivity contribution in [2.45, 2.75) is 38.1 Å². The summed E-state index contributed by atoms with van der Waals surface area (Å²) in [6.07, 6.45) is 5.55. The first kappa shape index (κ1) is 14.5. The van der Waals surface area contributed by atoms with Crippen LogP contribution in [0.15, 0.2) is 18.2 Å². The van der Waals surface area contributed by atoms with Crippen molar-refractivity contribution in [3.8, 4) is 0 Å². The number of hydrogen-bond acceptors (Lipinski definition) is 3. The fourth-order valence-corrected chi connectivity index (χ4v) is 3.47. The van der Waals surface area contributed by atoms with Crippen LogP contribution >= 0.6 is 0 Å². The first-order valence-corrected chi connectivity index (χ1v) is 8.11. The topological polar surface area (TPSA) is 58.4 Å². The van der Waals surface area contributed by atoms with E-state index in [-0.39, 0.29) is 5.91 Å². The number of amides is 1. The number of hydrogen-bond donors (Lipinski definition) is 2. The molecule has 4 heteroatoms. The monoisotopic (exact) mass is 287 g/mol. The molecule has 1 aliphatic carbocycles. The van der Waals surface area contributed by atoms with E-state index in [0.717, 1.165) is 50.9 Å². The molecule has 1 amide bonds. The van der Waals surface area contributed by atoms with Crippen LogP contribution in [0.5, 0.6) is 0 Å². The van der Waals surface area contributed by atoms with Crippen LogP contribution in [-0.2, 0) is 12.8 Å². The number of piperidine rings is 1. The molecule has 0 bridgehead atoms. The van der Waals surface area contributed by atoms with Crippen molar-refractivity contribution in [3.05, 3.63) is 34.9 Å². The third-order valence-corrected chi connectivity index (χ3v) is 4.73. The lowest BCUT2D eigenvalue weighted by Gasteiger charge is -2.32. The number of rotatable bonds is 4. The molecule has 1 aromatic rings. The maximum Gasteiger partial charge on any atom is 0.251 e. The smallest absolute Gasteiger partial charge is 0.251 e. The third-order valence-electron chi connectivity index (χ3n) is 4.73. The summed E-state index contributed by atoms with van der Waals surface area (Å²) in [5.41, 5.74) is 9.18. The molecular formula is C17H25N3O. The molecule has 0 saturated carbocycles. The lowest BCUT2D eigenvalue weighted by atomic mass is 10.0. The number of fused-ring (bicyclic) bond motifs is 1. The highest BCUT2D eigenvalue weighted by Gasteiger charge is 2.21. The Labute approximate surface area is 126 Å². The number of carbonyl (C=O) groups is 1. The van der Waals surface area contributed by atoms with E-state index in [9.17, 15) is 4.79 Å². The van der Waals surface area contributed by atoms with Gasteiger partial charge in [0.05, 0.1) is 0 Å². The normalized spacial score (nSPS) is 19.5. The molecule has 0 radical (unpaired) electrons. The van der Waals surface area contributed by atoms with Crippen molar-refractivity contribution in [2.24, 2.45) is 5.73 Å². The molecule has 3 N–H and O–H groups in total. The second kappa shape index (κ2) is 6.58. The number of nitrogens with two attached hydrogens (primary N) is 1. The Hall–Kier alpha value is -1.39. The molecule has 1 heterocycles. The SMILES string of the molecule is NCCN1CCC(NC(=O)c2ccc3c(c2)CCC3)CC1. The van der Waals surface area contributed by atoms with Gasteiger partial charge in [-0.25, -0.2) is 0 Å². The second-order valence-corrected chi connectivity index (χ2v) is 6.22. The Balaban J connectivity index is 1.55. The molecule has 1 saturated heterocycles. The first-order chi connectivity index (χ1) is 10.3. The third kappa shape index (κ3) is 3.44. The summed E-state index contributed by atoms with van der Waals surface area (Å²) < 4.78 is 0. The van der Waals surface area contributed by atoms with Gasteiger partial charge in [-0.2, -0.15) is 0 Å². The average molecular weight is 287 g/mol. The molecule has 114 valence electrons. The van der Waals surface area contributed by atoms with Crippen molar-refractivity contribution >= 4 is 5.91 Å². The molecule has 21 heavy (non-hydrogen) atoms. The van der Waals surface area contributed by atoms with Crippen molar-refractivity contribution in [3.63, 3.8) is 0 Å². The first-order valence-electron chi connectivity index (χ1n) is 8.11. The molecule has 2 aliphatic rings. The lowest BCUT2D eigenvalue weighted by Crippen LogP contribution is -2.45. The predicted molar refractivity (Wildman–Crippen MR) is 84.4 cm³/mol. The van der Waals surface area contributed by atoms with Crippen LogP contribution in [0.2, 0.25) is 0 Å². The average Bonchev–Trinajstić information content (AvgIpc) is 2.97. The highest BCUT2D eigenvalue weighted by atomic mass is 16.1. The van der Waals surface area contributed by atoms with Crippen LogP contribution in [0.1, 0.15) is 40.7 Å². The molecule has 1 aliphatic heterocycles. The molecule has 1 aromatic carbocycles. The number of carbonyl (C=O) groups excluding carboxylic acids is 1. The van der Waals surface area contributed by atoms with Gasteiger partial charge in [0.2, 0.25) is 0 Å². The van der Waals surface area contributed by atoms with Crippen LogP contribution in [0, 0.1) is 0 Å². The molecule has 3 rings (SSSR count). The molecule has 0 unspecified atom stereocenters. The van der Waals surface area contributed by atoms with Crippen LogP contribution in [0.25, 0.3) is 0 Å². The van der Waals surface area contributed by atoms with E-state index in [1.54, 1.807) is 0 Å². The van der Waals surface area contributed by atoms with Crippen molar-refractivity contribution < 1.29 is 4.79 Å².